The number of methoxy groups -OCH3 is 1. The summed E-state index contributed by atoms with van der Waals surface area (Å²) in [7, 11) is 1.78. The monoisotopic (exact) mass is 239 g/mol. The van der Waals surface area contributed by atoms with Gasteiger partial charge in [-0.1, -0.05) is 6.92 Å². The SMILES string of the molecule is COC1CCC(C(=O)N2CCC[C@@H](C)C2)CC1. The molecular weight excluding hydrogens is 214 g/mol. The van der Waals surface area contributed by atoms with Crippen molar-refractivity contribution in [1.29, 1.82) is 0 Å². The quantitative estimate of drug-likeness (QED) is 0.741. The Morgan fingerprint density at radius 1 is 1.18 bits per heavy atom. The zero-order valence-corrected chi connectivity index (χ0v) is 11.2. The maximum atomic E-state index is 12.4. The van der Waals surface area contributed by atoms with E-state index in [4.69, 9.17) is 4.74 Å². The number of likely N-dealkylation sites (tertiary alicyclic amines) is 1. The molecule has 0 N–H and O–H groups in total. The summed E-state index contributed by atoms with van der Waals surface area (Å²) in [5.41, 5.74) is 0. The largest absolute Gasteiger partial charge is 0.381 e. The molecule has 0 spiro atoms. The van der Waals surface area contributed by atoms with E-state index in [1.165, 1.54) is 12.8 Å². The van der Waals surface area contributed by atoms with Gasteiger partial charge in [0.2, 0.25) is 5.91 Å². The van der Waals surface area contributed by atoms with Crippen LogP contribution in [0.25, 0.3) is 0 Å². The van der Waals surface area contributed by atoms with Gasteiger partial charge < -0.3 is 9.64 Å². The van der Waals surface area contributed by atoms with Crippen molar-refractivity contribution < 1.29 is 9.53 Å². The molecule has 1 aliphatic carbocycles. The van der Waals surface area contributed by atoms with Gasteiger partial charge in [-0.25, -0.2) is 0 Å². The average Bonchev–Trinajstić information content (AvgIpc) is 2.38. The molecule has 0 aromatic heterocycles. The molecule has 2 aliphatic rings. The van der Waals surface area contributed by atoms with Gasteiger partial charge in [0.25, 0.3) is 0 Å². The van der Waals surface area contributed by atoms with Crippen molar-refractivity contribution in [3.63, 3.8) is 0 Å². The molecule has 1 saturated carbocycles. The average molecular weight is 239 g/mol. The molecule has 1 atom stereocenters. The molecule has 1 saturated heterocycles. The summed E-state index contributed by atoms with van der Waals surface area (Å²) in [4.78, 5) is 14.5. The van der Waals surface area contributed by atoms with Crippen LogP contribution in [0.3, 0.4) is 0 Å². The number of nitrogens with zero attached hydrogens (tertiary/aromatic N) is 1. The second kappa shape index (κ2) is 5.85. The Kier molecular flexibility index (Phi) is 4.43. The molecule has 3 heteroatoms. The molecule has 0 aromatic rings. The van der Waals surface area contributed by atoms with Crippen molar-refractivity contribution >= 4 is 5.91 Å². The number of rotatable bonds is 2. The molecule has 0 aromatic carbocycles. The minimum absolute atomic E-state index is 0.270. The predicted octanol–water partition coefficient (Wildman–Crippen LogP) is 2.45. The molecular formula is C14H25NO2. The molecule has 17 heavy (non-hydrogen) atoms. The van der Waals surface area contributed by atoms with Gasteiger partial charge in [-0.2, -0.15) is 0 Å². The number of piperidine rings is 1. The first kappa shape index (κ1) is 12.9. The lowest BCUT2D eigenvalue weighted by Crippen LogP contribution is -2.43. The Bertz CT molecular complexity index is 259. The van der Waals surface area contributed by atoms with Crippen LogP contribution in [0.5, 0.6) is 0 Å². The van der Waals surface area contributed by atoms with Crippen LogP contribution in [-0.2, 0) is 9.53 Å². The summed E-state index contributed by atoms with van der Waals surface area (Å²) in [6, 6.07) is 0. The topological polar surface area (TPSA) is 29.5 Å². The van der Waals surface area contributed by atoms with E-state index in [-0.39, 0.29) is 5.92 Å². The van der Waals surface area contributed by atoms with Gasteiger partial charge in [-0.15, -0.1) is 0 Å². The molecule has 3 nitrogen and oxygen atoms in total. The second-order valence-electron chi connectivity index (χ2n) is 5.74. The minimum Gasteiger partial charge on any atom is -0.381 e. The van der Waals surface area contributed by atoms with E-state index in [9.17, 15) is 4.79 Å². The van der Waals surface area contributed by atoms with Crippen molar-refractivity contribution in [2.75, 3.05) is 20.2 Å². The van der Waals surface area contributed by atoms with Crippen LogP contribution in [0, 0.1) is 11.8 Å². The van der Waals surface area contributed by atoms with Gasteiger partial charge >= 0.3 is 0 Å². The standard InChI is InChI=1S/C14H25NO2/c1-11-4-3-9-15(10-11)14(16)12-5-7-13(17-2)8-6-12/h11-13H,3-10H2,1-2H3/t11-,12?,13?/m1/s1. The normalized spacial score (nSPS) is 34.7. The van der Waals surface area contributed by atoms with Crippen LogP contribution in [-0.4, -0.2) is 37.1 Å². The Morgan fingerprint density at radius 2 is 1.88 bits per heavy atom. The number of carbonyl (C=O) groups excluding carboxylic acids is 1. The highest BCUT2D eigenvalue weighted by Gasteiger charge is 2.30. The van der Waals surface area contributed by atoms with Crippen molar-refractivity contribution in [3.05, 3.63) is 0 Å². The molecule has 0 radical (unpaired) electrons. The molecule has 98 valence electrons. The van der Waals surface area contributed by atoms with Gasteiger partial charge in [-0.05, 0) is 44.4 Å². The summed E-state index contributed by atoms with van der Waals surface area (Å²) >= 11 is 0. The van der Waals surface area contributed by atoms with Crippen molar-refractivity contribution in [2.24, 2.45) is 11.8 Å². The third kappa shape index (κ3) is 3.21. The summed E-state index contributed by atoms with van der Waals surface area (Å²) in [5.74, 6) is 1.36. The lowest BCUT2D eigenvalue weighted by Gasteiger charge is -2.35. The predicted molar refractivity (Wildman–Crippen MR) is 67.7 cm³/mol. The summed E-state index contributed by atoms with van der Waals surface area (Å²) in [6.45, 7) is 4.21. The van der Waals surface area contributed by atoms with E-state index < -0.39 is 0 Å². The molecule has 2 rings (SSSR count). The molecule has 0 unspecified atom stereocenters. The maximum Gasteiger partial charge on any atom is 0.225 e. The van der Waals surface area contributed by atoms with Gasteiger partial charge in [0.05, 0.1) is 6.10 Å². The summed E-state index contributed by atoms with van der Waals surface area (Å²) in [6.07, 6.45) is 6.98. The lowest BCUT2D eigenvalue weighted by molar-refractivity contribution is -0.139. The number of amides is 1. The van der Waals surface area contributed by atoms with Crippen molar-refractivity contribution in [2.45, 2.75) is 51.6 Å². The lowest BCUT2D eigenvalue weighted by atomic mass is 9.85. The third-order valence-electron chi connectivity index (χ3n) is 4.33. The van der Waals surface area contributed by atoms with Crippen LogP contribution < -0.4 is 0 Å². The highest BCUT2D eigenvalue weighted by atomic mass is 16.5. The molecule has 1 amide bonds. The van der Waals surface area contributed by atoms with Gasteiger partial charge in [0.15, 0.2) is 0 Å². The van der Waals surface area contributed by atoms with Crippen LogP contribution >= 0.6 is 0 Å². The fraction of sp³-hybridized carbons (Fsp3) is 0.929. The Labute approximate surface area is 105 Å². The molecule has 2 fully saturated rings. The van der Waals surface area contributed by atoms with E-state index >= 15 is 0 Å². The maximum absolute atomic E-state index is 12.4. The first-order valence-electron chi connectivity index (χ1n) is 7.02. The molecule has 1 aliphatic heterocycles. The van der Waals surface area contributed by atoms with Gasteiger partial charge in [-0.3, -0.25) is 4.79 Å². The Morgan fingerprint density at radius 3 is 2.47 bits per heavy atom. The van der Waals surface area contributed by atoms with Gasteiger partial charge in [0.1, 0.15) is 0 Å². The molecule has 1 heterocycles. The number of hydrogen-bond acceptors (Lipinski definition) is 2. The first-order chi connectivity index (χ1) is 8.20. The Balaban J connectivity index is 1.83. The minimum atomic E-state index is 0.270. The smallest absolute Gasteiger partial charge is 0.225 e. The number of carbonyl (C=O) groups is 1. The van der Waals surface area contributed by atoms with Crippen molar-refractivity contribution in [1.82, 2.24) is 4.90 Å². The van der Waals surface area contributed by atoms with Crippen LogP contribution in [0.15, 0.2) is 0 Å². The zero-order chi connectivity index (χ0) is 12.3. The van der Waals surface area contributed by atoms with Crippen LogP contribution in [0.4, 0.5) is 0 Å². The molecule has 0 bridgehead atoms. The number of hydrogen-bond donors (Lipinski definition) is 0. The highest BCUT2D eigenvalue weighted by Crippen LogP contribution is 2.28. The number of ether oxygens (including phenoxy) is 1. The van der Waals surface area contributed by atoms with Crippen LogP contribution in [0.1, 0.15) is 45.4 Å². The highest BCUT2D eigenvalue weighted by molar-refractivity contribution is 5.79. The van der Waals surface area contributed by atoms with Crippen LogP contribution in [0.2, 0.25) is 0 Å². The fourth-order valence-electron chi connectivity index (χ4n) is 3.19. The summed E-state index contributed by atoms with van der Waals surface area (Å²) < 4.78 is 5.36. The van der Waals surface area contributed by atoms with Crippen molar-refractivity contribution in [3.8, 4) is 0 Å². The van der Waals surface area contributed by atoms with E-state index in [2.05, 4.69) is 11.8 Å². The zero-order valence-electron chi connectivity index (χ0n) is 11.2. The second-order valence-corrected chi connectivity index (χ2v) is 5.74. The van der Waals surface area contributed by atoms with E-state index in [0.29, 0.717) is 17.9 Å². The van der Waals surface area contributed by atoms with E-state index in [1.54, 1.807) is 7.11 Å². The van der Waals surface area contributed by atoms with E-state index in [1.807, 2.05) is 0 Å². The third-order valence-corrected chi connectivity index (χ3v) is 4.33. The fourth-order valence-corrected chi connectivity index (χ4v) is 3.19. The Hall–Kier alpha value is -0.570. The summed E-state index contributed by atoms with van der Waals surface area (Å²) in [5, 5.41) is 0. The first-order valence-corrected chi connectivity index (χ1v) is 7.02. The van der Waals surface area contributed by atoms with Gasteiger partial charge in [0, 0.05) is 26.1 Å². The van der Waals surface area contributed by atoms with E-state index in [0.717, 1.165) is 38.8 Å².